The van der Waals surface area contributed by atoms with Crippen LogP contribution < -0.4 is 4.84 Å². The van der Waals surface area contributed by atoms with Crippen molar-refractivity contribution in [2.45, 2.75) is 19.4 Å². The number of carbonyl (C=O) groups excluding carboxylic acids is 1. The number of hydrogen-bond donors (Lipinski definition) is 2. The molecule has 0 spiro atoms. The Bertz CT molecular complexity index is 419. The molecule has 17 heavy (non-hydrogen) atoms. The number of Topliss-reactive ketones (excluding diaryl/α,β-unsaturated/α-hetero) is 1. The zero-order valence-corrected chi connectivity index (χ0v) is 10.4. The van der Waals surface area contributed by atoms with Crippen LogP contribution in [-0.4, -0.2) is 22.4 Å². The number of rotatable bonds is 5. The maximum Gasteiger partial charge on any atom is 0.333 e. The van der Waals surface area contributed by atoms with Gasteiger partial charge in [-0.25, -0.2) is 9.63 Å². The summed E-state index contributed by atoms with van der Waals surface area (Å²) in [6, 6.07) is 8.23. The normalized spacial score (nSPS) is 14.4. The summed E-state index contributed by atoms with van der Waals surface area (Å²) in [5, 5.41) is 9.26. The summed E-state index contributed by atoms with van der Waals surface area (Å²) in [6.45, 7) is 3.26. The zero-order valence-electron chi connectivity index (χ0n) is 9.61. The average molecular weight is 256 g/mol. The van der Waals surface area contributed by atoms with Gasteiger partial charge >= 0.3 is 5.97 Å². The molecule has 0 heterocycles. The SMILES string of the molecule is CC(C)[C@](NCl)(C(=O)O)C(=O)c1ccccc1. The first-order valence-electron chi connectivity index (χ1n) is 5.17. The van der Waals surface area contributed by atoms with Gasteiger partial charge in [0.05, 0.1) is 0 Å². The first-order valence-corrected chi connectivity index (χ1v) is 5.55. The van der Waals surface area contributed by atoms with Crippen molar-refractivity contribution in [1.29, 1.82) is 0 Å². The van der Waals surface area contributed by atoms with Gasteiger partial charge in [0.2, 0.25) is 0 Å². The molecule has 1 atom stereocenters. The molecule has 0 aromatic heterocycles. The Morgan fingerprint density at radius 2 is 1.82 bits per heavy atom. The number of carbonyl (C=O) groups is 2. The van der Waals surface area contributed by atoms with Gasteiger partial charge in [-0.2, -0.15) is 0 Å². The van der Waals surface area contributed by atoms with Crippen molar-refractivity contribution in [3.63, 3.8) is 0 Å². The number of aliphatic carboxylic acids is 1. The second-order valence-electron chi connectivity index (χ2n) is 4.06. The van der Waals surface area contributed by atoms with E-state index in [0.717, 1.165) is 0 Å². The highest BCUT2D eigenvalue weighted by Gasteiger charge is 2.48. The molecule has 0 aliphatic heterocycles. The van der Waals surface area contributed by atoms with E-state index in [0.29, 0.717) is 5.56 Å². The van der Waals surface area contributed by atoms with Gasteiger partial charge in [0, 0.05) is 5.56 Å². The van der Waals surface area contributed by atoms with Gasteiger partial charge in [-0.15, -0.1) is 0 Å². The van der Waals surface area contributed by atoms with Crippen molar-refractivity contribution in [2.24, 2.45) is 5.92 Å². The monoisotopic (exact) mass is 255 g/mol. The summed E-state index contributed by atoms with van der Waals surface area (Å²) >= 11 is 5.51. The van der Waals surface area contributed by atoms with Crippen LogP contribution >= 0.6 is 11.8 Å². The van der Waals surface area contributed by atoms with Crippen LogP contribution in [0.5, 0.6) is 0 Å². The molecular weight excluding hydrogens is 242 g/mol. The van der Waals surface area contributed by atoms with Crippen molar-refractivity contribution in [3.8, 4) is 0 Å². The third-order valence-electron chi connectivity index (χ3n) is 2.75. The number of ketones is 1. The summed E-state index contributed by atoms with van der Waals surface area (Å²) < 4.78 is 0. The Kier molecular flexibility index (Phi) is 4.26. The Balaban J connectivity index is 3.26. The Morgan fingerprint density at radius 1 is 1.29 bits per heavy atom. The van der Waals surface area contributed by atoms with Crippen LogP contribution in [-0.2, 0) is 4.79 Å². The molecule has 5 heteroatoms. The summed E-state index contributed by atoms with van der Waals surface area (Å²) in [5.41, 5.74) is -1.49. The van der Waals surface area contributed by atoms with E-state index in [1.54, 1.807) is 44.2 Å². The van der Waals surface area contributed by atoms with E-state index in [-0.39, 0.29) is 0 Å². The maximum absolute atomic E-state index is 12.3. The van der Waals surface area contributed by atoms with Crippen LogP contribution in [0.25, 0.3) is 0 Å². The van der Waals surface area contributed by atoms with Crippen LogP contribution in [0.2, 0.25) is 0 Å². The lowest BCUT2D eigenvalue weighted by molar-refractivity contribution is -0.143. The fourth-order valence-electron chi connectivity index (χ4n) is 1.62. The van der Waals surface area contributed by atoms with E-state index in [9.17, 15) is 14.7 Å². The minimum atomic E-state index is -1.80. The van der Waals surface area contributed by atoms with Gasteiger partial charge in [-0.3, -0.25) is 4.79 Å². The quantitative estimate of drug-likeness (QED) is 0.480. The standard InChI is InChI=1S/C12H14ClNO3/c1-8(2)12(14-13,11(16)17)10(15)9-6-4-3-5-7-9/h3-8,14H,1-2H3,(H,16,17)/t12-/m1/s1. The zero-order chi connectivity index (χ0) is 13.1. The van der Waals surface area contributed by atoms with E-state index in [1.165, 1.54) is 0 Å². The summed E-state index contributed by atoms with van der Waals surface area (Å²) in [5.74, 6) is -2.31. The molecule has 0 saturated carbocycles. The number of halogens is 1. The third-order valence-corrected chi connectivity index (χ3v) is 3.04. The largest absolute Gasteiger partial charge is 0.479 e. The summed E-state index contributed by atoms with van der Waals surface area (Å²) in [7, 11) is 0. The van der Waals surface area contributed by atoms with E-state index < -0.39 is 23.2 Å². The smallest absolute Gasteiger partial charge is 0.333 e. The predicted octanol–water partition coefficient (Wildman–Crippen LogP) is 2.09. The number of hydrogen-bond acceptors (Lipinski definition) is 3. The van der Waals surface area contributed by atoms with Gasteiger partial charge in [-0.1, -0.05) is 44.2 Å². The van der Waals surface area contributed by atoms with Gasteiger partial charge in [0.1, 0.15) is 0 Å². The molecule has 4 nitrogen and oxygen atoms in total. The molecule has 1 rings (SSSR count). The number of carboxylic acids is 1. The number of nitrogens with one attached hydrogen (secondary N) is 1. The molecule has 1 aromatic rings. The van der Waals surface area contributed by atoms with E-state index >= 15 is 0 Å². The highest BCUT2D eigenvalue weighted by molar-refractivity contribution is 6.24. The van der Waals surface area contributed by atoms with Gasteiger partial charge in [-0.05, 0) is 17.7 Å². The van der Waals surface area contributed by atoms with Crippen LogP contribution in [0.4, 0.5) is 0 Å². The molecule has 0 radical (unpaired) electrons. The average Bonchev–Trinajstić information content (AvgIpc) is 2.30. The van der Waals surface area contributed by atoms with Crippen LogP contribution in [0.3, 0.4) is 0 Å². The fraction of sp³-hybridized carbons (Fsp3) is 0.333. The molecule has 1 aromatic carbocycles. The van der Waals surface area contributed by atoms with Crippen molar-refractivity contribution in [1.82, 2.24) is 4.84 Å². The van der Waals surface area contributed by atoms with Crippen molar-refractivity contribution in [3.05, 3.63) is 35.9 Å². The molecule has 0 aliphatic carbocycles. The molecule has 0 fully saturated rings. The molecule has 0 unspecified atom stereocenters. The molecule has 0 saturated heterocycles. The van der Waals surface area contributed by atoms with Crippen LogP contribution in [0, 0.1) is 5.92 Å². The first kappa shape index (κ1) is 13.7. The Labute approximate surface area is 105 Å². The lowest BCUT2D eigenvalue weighted by atomic mass is 9.80. The van der Waals surface area contributed by atoms with Gasteiger partial charge < -0.3 is 5.11 Å². The van der Waals surface area contributed by atoms with Crippen molar-refractivity contribution < 1.29 is 14.7 Å². The minimum absolute atomic E-state index is 0.316. The second-order valence-corrected chi connectivity index (χ2v) is 4.25. The molecular formula is C12H14ClNO3. The first-order chi connectivity index (χ1) is 7.96. The van der Waals surface area contributed by atoms with Gasteiger partial charge in [0.25, 0.3) is 0 Å². The molecule has 0 amide bonds. The third kappa shape index (κ3) is 2.33. The maximum atomic E-state index is 12.3. The summed E-state index contributed by atoms with van der Waals surface area (Å²) in [4.78, 5) is 25.7. The number of carboxylic acid groups (broad SMARTS) is 1. The molecule has 2 N–H and O–H groups in total. The topological polar surface area (TPSA) is 66.4 Å². The van der Waals surface area contributed by atoms with E-state index in [2.05, 4.69) is 4.84 Å². The second kappa shape index (κ2) is 5.29. The molecule has 92 valence electrons. The lowest BCUT2D eigenvalue weighted by Gasteiger charge is -2.29. The highest BCUT2D eigenvalue weighted by atomic mass is 35.5. The van der Waals surface area contributed by atoms with Crippen LogP contribution in [0.1, 0.15) is 24.2 Å². The molecule has 0 bridgehead atoms. The lowest BCUT2D eigenvalue weighted by Crippen LogP contribution is -2.58. The van der Waals surface area contributed by atoms with Gasteiger partial charge in [0.15, 0.2) is 11.3 Å². The van der Waals surface area contributed by atoms with E-state index in [4.69, 9.17) is 11.8 Å². The Hall–Kier alpha value is -1.39. The minimum Gasteiger partial charge on any atom is -0.479 e. The molecule has 0 aliphatic rings. The highest BCUT2D eigenvalue weighted by Crippen LogP contribution is 2.24. The van der Waals surface area contributed by atoms with Crippen molar-refractivity contribution >= 4 is 23.5 Å². The van der Waals surface area contributed by atoms with Crippen molar-refractivity contribution in [2.75, 3.05) is 0 Å². The van der Waals surface area contributed by atoms with E-state index in [1.807, 2.05) is 0 Å². The number of benzene rings is 1. The predicted molar refractivity (Wildman–Crippen MR) is 65.0 cm³/mol. The fourth-order valence-corrected chi connectivity index (χ4v) is 2.00. The van der Waals surface area contributed by atoms with Crippen LogP contribution in [0.15, 0.2) is 30.3 Å². The Morgan fingerprint density at radius 3 is 2.18 bits per heavy atom. The summed E-state index contributed by atoms with van der Waals surface area (Å²) in [6.07, 6.45) is 0.